The molecule has 0 bridgehead atoms. The number of para-hydroxylation sites is 2. The van der Waals surface area contributed by atoms with Gasteiger partial charge in [-0.15, -0.1) is 11.3 Å². The minimum atomic E-state index is -0.170. The first-order valence-corrected chi connectivity index (χ1v) is 11.1. The van der Waals surface area contributed by atoms with Crippen LogP contribution in [0.4, 0.5) is 20.8 Å². The van der Waals surface area contributed by atoms with Crippen LogP contribution in [0.3, 0.4) is 0 Å². The number of aliphatic imine (C=N–C) groups is 1. The molecule has 0 aliphatic carbocycles. The number of halogens is 1. The first kappa shape index (κ1) is 19.2. The second kappa shape index (κ2) is 8.16. The number of hydrogen-bond donors (Lipinski definition) is 2. The van der Waals surface area contributed by atoms with Crippen molar-refractivity contribution in [2.45, 2.75) is 25.8 Å². The van der Waals surface area contributed by atoms with Gasteiger partial charge in [-0.2, -0.15) is 0 Å². The van der Waals surface area contributed by atoms with Crippen molar-refractivity contribution in [3.8, 4) is 0 Å². The van der Waals surface area contributed by atoms with E-state index in [0.717, 1.165) is 71.0 Å². The van der Waals surface area contributed by atoms with E-state index < -0.39 is 0 Å². The molecule has 1 saturated heterocycles. The monoisotopic (exact) mass is 421 g/mol. The van der Waals surface area contributed by atoms with Crippen LogP contribution >= 0.6 is 11.3 Å². The fraction of sp³-hybridized carbons (Fsp3) is 0.304. The maximum Gasteiger partial charge on any atom is 0.158 e. The van der Waals surface area contributed by atoms with Gasteiger partial charge in [0, 0.05) is 25.7 Å². The molecule has 2 aromatic carbocycles. The van der Waals surface area contributed by atoms with Crippen LogP contribution < -0.4 is 10.6 Å². The molecule has 0 spiro atoms. The summed E-state index contributed by atoms with van der Waals surface area (Å²) in [4.78, 5) is 12.2. The van der Waals surface area contributed by atoms with Gasteiger partial charge in [-0.3, -0.25) is 0 Å². The van der Waals surface area contributed by atoms with Gasteiger partial charge < -0.3 is 15.5 Å². The Morgan fingerprint density at radius 3 is 3.00 bits per heavy atom. The highest BCUT2D eigenvalue weighted by Crippen LogP contribution is 2.37. The number of nitrogens with zero attached hydrogens (tertiary/aromatic N) is 3. The molecule has 1 aromatic heterocycles. The number of amidine groups is 1. The number of fused-ring (bicyclic) bond motifs is 2. The smallest absolute Gasteiger partial charge is 0.158 e. The zero-order valence-electron chi connectivity index (χ0n) is 16.9. The van der Waals surface area contributed by atoms with Crippen LogP contribution in [0.2, 0.25) is 0 Å². The summed E-state index contributed by atoms with van der Waals surface area (Å²) in [6.07, 6.45) is 1.80. The molecule has 0 saturated carbocycles. The molecule has 154 valence electrons. The summed E-state index contributed by atoms with van der Waals surface area (Å²) in [6.45, 7) is 4.66. The summed E-state index contributed by atoms with van der Waals surface area (Å²) >= 11 is 1.66. The molecule has 30 heavy (non-hydrogen) atoms. The zero-order chi connectivity index (χ0) is 20.5. The summed E-state index contributed by atoms with van der Waals surface area (Å²) in [7, 11) is 0. The van der Waals surface area contributed by atoms with E-state index in [0.29, 0.717) is 6.04 Å². The van der Waals surface area contributed by atoms with Crippen molar-refractivity contribution in [3.63, 3.8) is 0 Å². The number of rotatable bonds is 3. The number of piperazine rings is 1. The lowest BCUT2D eigenvalue weighted by atomic mass is 10.0. The molecule has 0 unspecified atom stereocenters. The number of aryl methyl sites for hydroxylation is 2. The highest BCUT2D eigenvalue weighted by atomic mass is 32.1. The third kappa shape index (κ3) is 3.95. The largest absolute Gasteiger partial charge is 0.352 e. The first-order chi connectivity index (χ1) is 14.7. The SMILES string of the molecule is Cc1nc2c(s1)Nc1ccccc1N=C2N1CCN[C@@H](CCc2cccc(F)c2)C1. The standard InChI is InChI=1S/C23H24FN5S/c1-15-26-21-22(27-19-7-2-3-8-20(19)28-23(21)30-15)29-12-11-25-18(14-29)10-9-16-5-4-6-17(24)13-16/h2-8,13,18,25,28H,9-12,14H2,1H3/t18-/m0/s1. The van der Waals surface area contributed by atoms with Crippen molar-refractivity contribution in [1.29, 1.82) is 0 Å². The molecule has 0 amide bonds. The Bertz CT molecular complexity index is 1090. The number of hydrogen-bond acceptors (Lipinski definition) is 6. The normalized spacial score (nSPS) is 18.1. The van der Waals surface area contributed by atoms with Gasteiger partial charge >= 0.3 is 0 Å². The summed E-state index contributed by atoms with van der Waals surface area (Å²) in [5.74, 6) is 0.764. The first-order valence-electron chi connectivity index (χ1n) is 10.3. The molecule has 5 nitrogen and oxygen atoms in total. The van der Waals surface area contributed by atoms with Crippen molar-refractivity contribution in [2.75, 3.05) is 25.0 Å². The van der Waals surface area contributed by atoms with Gasteiger partial charge in [0.1, 0.15) is 16.5 Å². The average molecular weight is 422 g/mol. The molecule has 1 fully saturated rings. The van der Waals surface area contributed by atoms with E-state index in [1.807, 2.05) is 31.2 Å². The van der Waals surface area contributed by atoms with Gasteiger partial charge in [-0.05, 0) is 49.6 Å². The molecule has 2 aliphatic rings. The fourth-order valence-electron chi connectivity index (χ4n) is 4.09. The van der Waals surface area contributed by atoms with Crippen molar-refractivity contribution in [1.82, 2.24) is 15.2 Å². The van der Waals surface area contributed by atoms with E-state index in [9.17, 15) is 4.39 Å². The van der Waals surface area contributed by atoms with Crippen LogP contribution in [0.15, 0.2) is 53.5 Å². The maximum absolute atomic E-state index is 13.5. The molecular formula is C23H24FN5S. The molecule has 2 N–H and O–H groups in total. The topological polar surface area (TPSA) is 52.6 Å². The second-order valence-electron chi connectivity index (χ2n) is 7.75. The van der Waals surface area contributed by atoms with Crippen molar-refractivity contribution in [3.05, 3.63) is 70.6 Å². The predicted molar refractivity (Wildman–Crippen MR) is 121 cm³/mol. The van der Waals surface area contributed by atoms with Crippen LogP contribution in [0.5, 0.6) is 0 Å². The molecule has 5 rings (SSSR count). The Hall–Kier alpha value is -2.77. The lowest BCUT2D eigenvalue weighted by Crippen LogP contribution is -2.53. The Labute approximate surface area is 179 Å². The van der Waals surface area contributed by atoms with Crippen LogP contribution in [0.25, 0.3) is 0 Å². The molecule has 3 aromatic rings. The summed E-state index contributed by atoms with van der Waals surface area (Å²) in [5, 5.41) is 9.21. The quantitative estimate of drug-likeness (QED) is 0.647. The zero-order valence-corrected chi connectivity index (χ0v) is 17.7. The number of thiazole rings is 1. The summed E-state index contributed by atoms with van der Waals surface area (Å²) < 4.78 is 13.5. The summed E-state index contributed by atoms with van der Waals surface area (Å²) in [5.41, 5.74) is 3.91. The number of benzene rings is 2. The summed E-state index contributed by atoms with van der Waals surface area (Å²) in [6, 6.07) is 15.3. The van der Waals surface area contributed by atoms with E-state index in [-0.39, 0.29) is 5.82 Å². The minimum Gasteiger partial charge on any atom is -0.352 e. The number of nitrogens with one attached hydrogen (secondary N) is 2. The van der Waals surface area contributed by atoms with E-state index in [2.05, 4.69) is 21.6 Å². The Morgan fingerprint density at radius 2 is 2.10 bits per heavy atom. The van der Waals surface area contributed by atoms with Crippen LogP contribution in [0, 0.1) is 12.7 Å². The molecule has 2 aliphatic heterocycles. The average Bonchev–Trinajstić information content (AvgIpc) is 3.04. The molecule has 1 atom stereocenters. The maximum atomic E-state index is 13.5. The van der Waals surface area contributed by atoms with Gasteiger partial charge in [0.2, 0.25) is 0 Å². The van der Waals surface area contributed by atoms with Crippen LogP contribution in [0.1, 0.15) is 22.7 Å². The molecular weight excluding hydrogens is 397 g/mol. The lowest BCUT2D eigenvalue weighted by Gasteiger charge is -2.35. The van der Waals surface area contributed by atoms with Gasteiger partial charge in [0.15, 0.2) is 5.84 Å². The van der Waals surface area contributed by atoms with Gasteiger partial charge in [-0.25, -0.2) is 14.4 Å². The van der Waals surface area contributed by atoms with Crippen LogP contribution in [-0.2, 0) is 6.42 Å². The van der Waals surface area contributed by atoms with Gasteiger partial charge in [-0.1, -0.05) is 24.3 Å². The minimum absolute atomic E-state index is 0.170. The molecule has 0 radical (unpaired) electrons. The van der Waals surface area contributed by atoms with Gasteiger partial charge in [0.05, 0.1) is 16.4 Å². The Kier molecular flexibility index (Phi) is 5.23. The predicted octanol–water partition coefficient (Wildman–Crippen LogP) is 4.63. The van der Waals surface area contributed by atoms with E-state index >= 15 is 0 Å². The van der Waals surface area contributed by atoms with Crippen molar-refractivity contribution in [2.24, 2.45) is 4.99 Å². The van der Waals surface area contributed by atoms with E-state index in [4.69, 9.17) is 9.98 Å². The third-order valence-electron chi connectivity index (χ3n) is 5.55. The van der Waals surface area contributed by atoms with E-state index in [1.54, 1.807) is 23.5 Å². The molecule has 3 heterocycles. The Balaban J connectivity index is 1.39. The third-order valence-corrected chi connectivity index (χ3v) is 6.44. The van der Waals surface area contributed by atoms with Gasteiger partial charge in [0.25, 0.3) is 0 Å². The van der Waals surface area contributed by atoms with Crippen LogP contribution in [-0.4, -0.2) is 41.4 Å². The second-order valence-corrected chi connectivity index (χ2v) is 8.96. The highest BCUT2D eigenvalue weighted by molar-refractivity contribution is 7.16. The van der Waals surface area contributed by atoms with Crippen molar-refractivity contribution < 1.29 is 4.39 Å². The lowest BCUT2D eigenvalue weighted by molar-refractivity contribution is 0.282. The van der Waals surface area contributed by atoms with Crippen molar-refractivity contribution >= 4 is 33.5 Å². The number of aromatic nitrogens is 1. The highest BCUT2D eigenvalue weighted by Gasteiger charge is 2.28. The van der Waals surface area contributed by atoms with E-state index in [1.165, 1.54) is 6.07 Å². The number of anilines is 2. The molecule has 7 heteroatoms. The fourth-order valence-corrected chi connectivity index (χ4v) is 4.92. The Morgan fingerprint density at radius 1 is 1.20 bits per heavy atom.